The summed E-state index contributed by atoms with van der Waals surface area (Å²) in [4.78, 5) is 28.3. The van der Waals surface area contributed by atoms with Crippen molar-refractivity contribution in [2.45, 2.75) is 19.5 Å². The SMILES string of the molecule is COc1ccc(CN(C)[C@@H](C)C(=O)N2CC(=O)Nc3ccccc32)cc1F. The Morgan fingerprint density at radius 3 is 2.78 bits per heavy atom. The lowest BCUT2D eigenvalue weighted by atomic mass is 10.1. The number of methoxy groups -OCH3 is 1. The highest BCUT2D eigenvalue weighted by atomic mass is 19.1. The zero-order valence-corrected chi connectivity index (χ0v) is 15.5. The third-order valence-electron chi connectivity index (χ3n) is 4.70. The van der Waals surface area contributed by atoms with Gasteiger partial charge in [0, 0.05) is 6.54 Å². The molecule has 0 saturated heterocycles. The summed E-state index contributed by atoms with van der Waals surface area (Å²) < 4.78 is 18.8. The molecule has 1 aliphatic rings. The van der Waals surface area contributed by atoms with E-state index in [0.717, 1.165) is 5.56 Å². The lowest BCUT2D eigenvalue weighted by Crippen LogP contribution is -2.50. The molecule has 0 aromatic heterocycles. The number of nitrogens with one attached hydrogen (secondary N) is 1. The van der Waals surface area contributed by atoms with Gasteiger partial charge in [-0.15, -0.1) is 0 Å². The van der Waals surface area contributed by atoms with Gasteiger partial charge in [0.15, 0.2) is 11.6 Å². The number of hydrogen-bond donors (Lipinski definition) is 1. The summed E-state index contributed by atoms with van der Waals surface area (Å²) in [6, 6.07) is 11.4. The normalized spacial score (nSPS) is 14.6. The molecule has 0 saturated carbocycles. The van der Waals surface area contributed by atoms with Crippen LogP contribution in [-0.2, 0) is 16.1 Å². The zero-order valence-electron chi connectivity index (χ0n) is 15.5. The molecular weight excluding hydrogens is 349 g/mol. The molecule has 7 heteroatoms. The molecule has 1 heterocycles. The molecule has 2 aromatic rings. The maximum atomic E-state index is 13.9. The van der Waals surface area contributed by atoms with Crippen LogP contribution >= 0.6 is 0 Å². The van der Waals surface area contributed by atoms with Crippen molar-refractivity contribution in [3.63, 3.8) is 0 Å². The average molecular weight is 371 g/mol. The molecule has 2 aromatic carbocycles. The summed E-state index contributed by atoms with van der Waals surface area (Å²) in [6.45, 7) is 2.14. The summed E-state index contributed by atoms with van der Waals surface area (Å²) in [7, 11) is 3.21. The van der Waals surface area contributed by atoms with E-state index in [1.165, 1.54) is 18.1 Å². The van der Waals surface area contributed by atoms with E-state index in [0.29, 0.717) is 17.9 Å². The van der Waals surface area contributed by atoms with Crippen molar-refractivity contribution in [1.29, 1.82) is 0 Å². The van der Waals surface area contributed by atoms with Gasteiger partial charge in [0.2, 0.25) is 11.8 Å². The Morgan fingerprint density at radius 2 is 2.07 bits per heavy atom. The fraction of sp³-hybridized carbons (Fsp3) is 0.300. The molecule has 3 rings (SSSR count). The average Bonchev–Trinajstić information content (AvgIpc) is 2.66. The van der Waals surface area contributed by atoms with Gasteiger partial charge in [0.05, 0.1) is 24.5 Å². The Balaban J connectivity index is 1.75. The van der Waals surface area contributed by atoms with Crippen LogP contribution < -0.4 is 15.0 Å². The number of anilines is 2. The zero-order chi connectivity index (χ0) is 19.6. The molecule has 0 unspecified atom stereocenters. The van der Waals surface area contributed by atoms with Gasteiger partial charge in [-0.3, -0.25) is 19.4 Å². The smallest absolute Gasteiger partial charge is 0.244 e. The monoisotopic (exact) mass is 371 g/mol. The van der Waals surface area contributed by atoms with E-state index in [-0.39, 0.29) is 24.1 Å². The first-order valence-electron chi connectivity index (χ1n) is 8.63. The van der Waals surface area contributed by atoms with Crippen LogP contribution in [0.1, 0.15) is 12.5 Å². The molecule has 2 amide bonds. The van der Waals surface area contributed by atoms with Crippen LogP contribution in [0.4, 0.5) is 15.8 Å². The molecule has 27 heavy (non-hydrogen) atoms. The summed E-state index contributed by atoms with van der Waals surface area (Å²) >= 11 is 0. The maximum absolute atomic E-state index is 13.9. The highest BCUT2D eigenvalue weighted by Gasteiger charge is 2.31. The van der Waals surface area contributed by atoms with Crippen LogP contribution in [0.2, 0.25) is 0 Å². The van der Waals surface area contributed by atoms with Crippen LogP contribution in [0.3, 0.4) is 0 Å². The Labute approximate surface area is 157 Å². The van der Waals surface area contributed by atoms with E-state index in [1.54, 1.807) is 44.3 Å². The number of nitrogens with zero attached hydrogens (tertiary/aromatic N) is 2. The number of amides is 2. The topological polar surface area (TPSA) is 61.9 Å². The number of rotatable bonds is 5. The van der Waals surface area contributed by atoms with Gasteiger partial charge < -0.3 is 10.1 Å². The summed E-state index contributed by atoms with van der Waals surface area (Å²) in [5.41, 5.74) is 2.03. The summed E-state index contributed by atoms with van der Waals surface area (Å²) in [5, 5.41) is 2.77. The van der Waals surface area contributed by atoms with Crippen molar-refractivity contribution in [2.75, 3.05) is 30.9 Å². The molecule has 0 aliphatic carbocycles. The second-order valence-electron chi connectivity index (χ2n) is 6.55. The summed E-state index contributed by atoms with van der Waals surface area (Å²) in [6.07, 6.45) is 0. The lowest BCUT2D eigenvalue weighted by molar-refractivity contribution is -0.125. The van der Waals surface area contributed by atoms with Gasteiger partial charge in [0.1, 0.15) is 6.54 Å². The largest absolute Gasteiger partial charge is 0.494 e. The first kappa shape index (κ1) is 18.8. The van der Waals surface area contributed by atoms with E-state index in [2.05, 4.69) is 5.32 Å². The number of halogens is 1. The van der Waals surface area contributed by atoms with E-state index >= 15 is 0 Å². The van der Waals surface area contributed by atoms with E-state index in [9.17, 15) is 14.0 Å². The predicted molar refractivity (Wildman–Crippen MR) is 101 cm³/mol. The van der Waals surface area contributed by atoms with Gasteiger partial charge in [-0.2, -0.15) is 0 Å². The van der Waals surface area contributed by atoms with Crippen molar-refractivity contribution >= 4 is 23.2 Å². The maximum Gasteiger partial charge on any atom is 0.244 e. The van der Waals surface area contributed by atoms with Crippen LogP contribution in [0, 0.1) is 5.82 Å². The van der Waals surface area contributed by atoms with Crippen molar-refractivity contribution in [3.8, 4) is 5.75 Å². The van der Waals surface area contributed by atoms with Gasteiger partial charge >= 0.3 is 0 Å². The molecule has 0 radical (unpaired) electrons. The van der Waals surface area contributed by atoms with E-state index in [1.807, 2.05) is 11.0 Å². The van der Waals surface area contributed by atoms with Crippen molar-refractivity contribution in [1.82, 2.24) is 4.90 Å². The lowest BCUT2D eigenvalue weighted by Gasteiger charge is -2.33. The van der Waals surface area contributed by atoms with Crippen molar-refractivity contribution in [3.05, 3.63) is 53.8 Å². The molecule has 1 N–H and O–H groups in total. The third kappa shape index (κ3) is 3.93. The van der Waals surface area contributed by atoms with Gasteiger partial charge in [-0.25, -0.2) is 4.39 Å². The van der Waals surface area contributed by atoms with Gasteiger partial charge in [0.25, 0.3) is 0 Å². The number of hydrogen-bond acceptors (Lipinski definition) is 4. The fourth-order valence-electron chi connectivity index (χ4n) is 3.08. The fourth-order valence-corrected chi connectivity index (χ4v) is 3.08. The standard InChI is InChI=1S/C20H22FN3O3/c1-13(23(2)11-14-8-9-18(27-3)15(21)10-14)20(26)24-12-19(25)22-16-6-4-5-7-17(16)24/h4-10,13H,11-12H2,1-3H3,(H,22,25)/t13-/m0/s1. The minimum Gasteiger partial charge on any atom is -0.494 e. The highest BCUT2D eigenvalue weighted by Crippen LogP contribution is 2.29. The second-order valence-corrected chi connectivity index (χ2v) is 6.55. The third-order valence-corrected chi connectivity index (χ3v) is 4.70. The number of fused-ring (bicyclic) bond motifs is 1. The van der Waals surface area contributed by atoms with Gasteiger partial charge in [-0.05, 0) is 43.8 Å². The highest BCUT2D eigenvalue weighted by molar-refractivity contribution is 6.11. The van der Waals surface area contributed by atoms with Gasteiger partial charge in [-0.1, -0.05) is 18.2 Å². The first-order valence-corrected chi connectivity index (χ1v) is 8.63. The first-order chi connectivity index (χ1) is 12.9. The molecule has 0 spiro atoms. The van der Waals surface area contributed by atoms with Crippen LogP contribution in [0.5, 0.6) is 5.75 Å². The molecule has 1 aliphatic heterocycles. The van der Waals surface area contributed by atoms with E-state index in [4.69, 9.17) is 4.74 Å². The Bertz CT molecular complexity index is 871. The second kappa shape index (κ2) is 7.75. The number of carbonyl (C=O) groups is 2. The van der Waals surface area contributed by atoms with Crippen LogP contribution in [0.25, 0.3) is 0 Å². The minimum absolute atomic E-state index is 0.0226. The molecule has 0 fully saturated rings. The Hall–Kier alpha value is -2.93. The minimum atomic E-state index is -0.492. The molecule has 142 valence electrons. The number of likely N-dealkylation sites (N-methyl/N-ethyl adjacent to an activating group) is 1. The summed E-state index contributed by atoms with van der Waals surface area (Å²) in [5.74, 6) is -0.673. The predicted octanol–water partition coefficient (Wildman–Crippen LogP) is 2.64. The Morgan fingerprint density at radius 1 is 1.33 bits per heavy atom. The van der Waals surface area contributed by atoms with Crippen molar-refractivity contribution < 1.29 is 18.7 Å². The molecular formula is C20H22FN3O3. The Kier molecular flexibility index (Phi) is 5.41. The quantitative estimate of drug-likeness (QED) is 0.878. The molecule has 6 nitrogen and oxygen atoms in total. The number of carbonyl (C=O) groups excluding carboxylic acids is 2. The molecule has 0 bridgehead atoms. The number of para-hydroxylation sites is 2. The number of benzene rings is 2. The number of ether oxygens (including phenoxy) is 1. The van der Waals surface area contributed by atoms with Crippen LogP contribution in [-0.4, -0.2) is 43.5 Å². The molecule has 1 atom stereocenters. The van der Waals surface area contributed by atoms with E-state index < -0.39 is 11.9 Å². The van der Waals surface area contributed by atoms with Crippen molar-refractivity contribution in [2.24, 2.45) is 0 Å². The van der Waals surface area contributed by atoms with Crippen LogP contribution in [0.15, 0.2) is 42.5 Å².